The summed E-state index contributed by atoms with van der Waals surface area (Å²) < 4.78 is 2.61. The molecule has 2 aromatic rings. The smallest absolute Gasteiger partial charge is 0.0281 e. The van der Waals surface area contributed by atoms with Crippen LogP contribution in [0.1, 0.15) is 36.1 Å². The van der Waals surface area contributed by atoms with Gasteiger partial charge in [0.2, 0.25) is 0 Å². The molecule has 0 radical (unpaired) electrons. The third-order valence-corrected chi connectivity index (χ3v) is 6.54. The summed E-state index contributed by atoms with van der Waals surface area (Å²) in [7, 11) is -0.446. The molecule has 0 heterocycles. The molecule has 0 unspecified atom stereocenters. The standard InChI is InChI=1S/C20H28NP/c1-7-21(8-2)22(19-11-15(3)9-16(4)12-19)20-13-17(5)10-18(6)14-20/h9-14H,7-8H2,1-6H3. The number of aryl methyl sites for hydroxylation is 4. The molecular weight excluding hydrogens is 285 g/mol. The Kier molecular flexibility index (Phi) is 5.78. The van der Waals surface area contributed by atoms with E-state index >= 15 is 0 Å². The van der Waals surface area contributed by atoms with Crippen molar-refractivity contribution < 1.29 is 0 Å². The van der Waals surface area contributed by atoms with E-state index in [0.717, 1.165) is 13.1 Å². The molecular formula is C20H28NP. The lowest BCUT2D eigenvalue weighted by atomic mass is 10.2. The minimum absolute atomic E-state index is 0.446. The highest BCUT2D eigenvalue weighted by atomic mass is 31.1. The second kappa shape index (κ2) is 7.40. The Balaban J connectivity index is 2.60. The zero-order valence-corrected chi connectivity index (χ0v) is 15.7. The number of rotatable bonds is 5. The van der Waals surface area contributed by atoms with Gasteiger partial charge in [0.25, 0.3) is 0 Å². The van der Waals surface area contributed by atoms with Crippen LogP contribution in [0.5, 0.6) is 0 Å². The molecule has 0 aliphatic carbocycles. The van der Waals surface area contributed by atoms with Gasteiger partial charge in [0.1, 0.15) is 0 Å². The SMILES string of the molecule is CCN(CC)P(c1cc(C)cc(C)c1)c1cc(C)cc(C)c1. The lowest BCUT2D eigenvalue weighted by molar-refractivity contribution is 0.514. The van der Waals surface area contributed by atoms with Crippen molar-refractivity contribution in [1.82, 2.24) is 4.67 Å². The molecule has 0 aliphatic heterocycles. The molecule has 2 heteroatoms. The first-order chi connectivity index (χ1) is 10.4. The fourth-order valence-corrected chi connectivity index (χ4v) is 5.95. The van der Waals surface area contributed by atoms with Gasteiger partial charge in [-0.15, -0.1) is 0 Å². The normalized spacial score (nSPS) is 11.5. The summed E-state index contributed by atoms with van der Waals surface area (Å²) in [5.41, 5.74) is 5.44. The number of nitrogens with zero attached hydrogens (tertiary/aromatic N) is 1. The monoisotopic (exact) mass is 313 g/mol. The van der Waals surface area contributed by atoms with E-state index in [0.29, 0.717) is 0 Å². The fraction of sp³-hybridized carbons (Fsp3) is 0.400. The van der Waals surface area contributed by atoms with Crippen molar-refractivity contribution in [3.63, 3.8) is 0 Å². The quantitative estimate of drug-likeness (QED) is 0.729. The van der Waals surface area contributed by atoms with E-state index in [-0.39, 0.29) is 0 Å². The van der Waals surface area contributed by atoms with Crippen LogP contribution in [0.25, 0.3) is 0 Å². The number of hydrogen-bond acceptors (Lipinski definition) is 1. The minimum Gasteiger partial charge on any atom is -0.275 e. The highest BCUT2D eigenvalue weighted by Gasteiger charge is 2.21. The lowest BCUT2D eigenvalue weighted by Crippen LogP contribution is -2.29. The summed E-state index contributed by atoms with van der Waals surface area (Å²) in [5, 5.41) is 2.95. The Bertz CT molecular complexity index is 552. The third-order valence-electron chi connectivity index (χ3n) is 3.91. The Labute approximate surface area is 137 Å². The average Bonchev–Trinajstić information content (AvgIpc) is 2.42. The van der Waals surface area contributed by atoms with Crippen molar-refractivity contribution in [2.45, 2.75) is 41.5 Å². The second-order valence-electron chi connectivity index (χ2n) is 6.14. The van der Waals surface area contributed by atoms with Gasteiger partial charge in [0.15, 0.2) is 0 Å². The van der Waals surface area contributed by atoms with Crippen LogP contribution >= 0.6 is 8.07 Å². The lowest BCUT2D eigenvalue weighted by Gasteiger charge is -2.31. The summed E-state index contributed by atoms with van der Waals surface area (Å²) in [6.45, 7) is 15.5. The molecule has 118 valence electrons. The van der Waals surface area contributed by atoms with Crippen LogP contribution < -0.4 is 10.6 Å². The van der Waals surface area contributed by atoms with E-state index in [9.17, 15) is 0 Å². The maximum atomic E-state index is 2.61. The summed E-state index contributed by atoms with van der Waals surface area (Å²) in [4.78, 5) is 0. The molecule has 0 spiro atoms. The fourth-order valence-electron chi connectivity index (χ4n) is 3.13. The van der Waals surface area contributed by atoms with Gasteiger partial charge in [-0.3, -0.25) is 4.67 Å². The molecule has 0 saturated heterocycles. The Morgan fingerprint density at radius 2 is 0.955 bits per heavy atom. The first-order valence-corrected chi connectivity index (χ1v) is 9.45. The van der Waals surface area contributed by atoms with Crippen LogP contribution in [-0.4, -0.2) is 17.8 Å². The van der Waals surface area contributed by atoms with Gasteiger partial charge >= 0.3 is 0 Å². The van der Waals surface area contributed by atoms with E-state index in [1.54, 1.807) is 0 Å². The highest BCUT2D eigenvalue weighted by molar-refractivity contribution is 7.70. The predicted molar refractivity (Wildman–Crippen MR) is 101 cm³/mol. The van der Waals surface area contributed by atoms with Gasteiger partial charge in [-0.1, -0.05) is 48.2 Å². The molecule has 0 aliphatic rings. The first-order valence-electron chi connectivity index (χ1n) is 8.16. The molecule has 2 aromatic carbocycles. The topological polar surface area (TPSA) is 3.24 Å². The van der Waals surface area contributed by atoms with Crippen molar-refractivity contribution in [3.05, 3.63) is 58.7 Å². The molecule has 22 heavy (non-hydrogen) atoms. The number of hydrogen-bond donors (Lipinski definition) is 0. The summed E-state index contributed by atoms with van der Waals surface area (Å²) >= 11 is 0. The molecule has 0 bridgehead atoms. The Morgan fingerprint density at radius 3 is 1.23 bits per heavy atom. The van der Waals surface area contributed by atoms with E-state index in [1.165, 1.54) is 32.9 Å². The van der Waals surface area contributed by atoms with E-state index < -0.39 is 8.07 Å². The summed E-state index contributed by atoms with van der Waals surface area (Å²) in [6, 6.07) is 14.0. The third kappa shape index (κ3) is 3.97. The van der Waals surface area contributed by atoms with Crippen molar-refractivity contribution in [2.24, 2.45) is 0 Å². The molecule has 0 fully saturated rings. The summed E-state index contributed by atoms with van der Waals surface area (Å²) in [6.07, 6.45) is 0. The van der Waals surface area contributed by atoms with E-state index in [4.69, 9.17) is 0 Å². The van der Waals surface area contributed by atoms with Crippen molar-refractivity contribution in [2.75, 3.05) is 13.1 Å². The van der Waals surface area contributed by atoms with Crippen LogP contribution in [0.3, 0.4) is 0 Å². The average molecular weight is 313 g/mol. The van der Waals surface area contributed by atoms with Crippen LogP contribution in [0, 0.1) is 27.7 Å². The van der Waals surface area contributed by atoms with Crippen LogP contribution in [0.15, 0.2) is 36.4 Å². The maximum Gasteiger partial charge on any atom is 0.0281 e. The minimum atomic E-state index is -0.446. The molecule has 0 amide bonds. The Hall–Kier alpha value is -1.17. The second-order valence-corrected chi connectivity index (χ2v) is 8.36. The van der Waals surface area contributed by atoms with Gasteiger partial charge in [-0.25, -0.2) is 0 Å². The largest absolute Gasteiger partial charge is 0.275 e. The zero-order valence-electron chi connectivity index (χ0n) is 14.8. The Morgan fingerprint density at radius 1 is 0.636 bits per heavy atom. The predicted octanol–water partition coefficient (Wildman–Crippen LogP) is 4.61. The maximum absolute atomic E-state index is 2.61. The van der Waals surface area contributed by atoms with Crippen LogP contribution in [-0.2, 0) is 0 Å². The molecule has 2 rings (SSSR count). The first kappa shape index (κ1) is 17.2. The number of benzene rings is 2. The van der Waals surface area contributed by atoms with E-state index in [1.807, 2.05) is 0 Å². The summed E-state index contributed by atoms with van der Waals surface area (Å²) in [5.74, 6) is 0. The van der Waals surface area contributed by atoms with Crippen molar-refractivity contribution >= 4 is 18.7 Å². The van der Waals surface area contributed by atoms with Crippen LogP contribution in [0.4, 0.5) is 0 Å². The van der Waals surface area contributed by atoms with Gasteiger partial charge in [0.05, 0.1) is 0 Å². The van der Waals surface area contributed by atoms with Crippen LogP contribution in [0.2, 0.25) is 0 Å². The van der Waals surface area contributed by atoms with Crippen molar-refractivity contribution in [1.29, 1.82) is 0 Å². The molecule has 1 nitrogen and oxygen atoms in total. The van der Waals surface area contributed by atoms with Gasteiger partial charge in [-0.05, 0) is 75.7 Å². The molecule has 0 saturated carbocycles. The van der Waals surface area contributed by atoms with Gasteiger partial charge in [-0.2, -0.15) is 0 Å². The molecule has 0 N–H and O–H groups in total. The van der Waals surface area contributed by atoms with E-state index in [2.05, 4.69) is 82.6 Å². The van der Waals surface area contributed by atoms with Gasteiger partial charge < -0.3 is 0 Å². The molecule has 0 aromatic heterocycles. The highest BCUT2D eigenvalue weighted by Crippen LogP contribution is 2.38. The van der Waals surface area contributed by atoms with Crippen molar-refractivity contribution in [3.8, 4) is 0 Å². The van der Waals surface area contributed by atoms with Gasteiger partial charge in [0, 0.05) is 8.07 Å². The molecule has 0 atom stereocenters. The zero-order chi connectivity index (χ0) is 16.3.